The Morgan fingerprint density at radius 2 is 1.36 bits per heavy atom. The first-order chi connectivity index (χ1) is 18.9. The molecule has 6 rings (SSSR count). The highest BCUT2D eigenvalue weighted by molar-refractivity contribution is 6.28. The summed E-state index contributed by atoms with van der Waals surface area (Å²) in [5, 5.41) is 2.89. The highest BCUT2D eigenvalue weighted by atomic mass is 16.5. The summed E-state index contributed by atoms with van der Waals surface area (Å²) in [6.45, 7) is 7.01. The number of nitrogens with zero attached hydrogens (tertiary/aromatic N) is 4. The van der Waals surface area contributed by atoms with Crippen LogP contribution in [0.3, 0.4) is 0 Å². The number of ether oxygens (including phenoxy) is 1. The molecule has 0 atom stereocenters. The van der Waals surface area contributed by atoms with Crippen molar-refractivity contribution in [3.8, 4) is 0 Å². The topological polar surface area (TPSA) is 137 Å². The second-order valence-electron chi connectivity index (χ2n) is 9.17. The molecule has 2 aliphatic heterocycles. The quantitative estimate of drug-likeness (QED) is 0.331. The second kappa shape index (κ2) is 11.3. The van der Waals surface area contributed by atoms with E-state index in [1.807, 2.05) is 68.5 Å². The van der Waals surface area contributed by atoms with Gasteiger partial charge in [-0.15, -0.1) is 0 Å². The van der Waals surface area contributed by atoms with E-state index >= 15 is 0 Å². The Hall–Kier alpha value is -4.86. The molecule has 3 N–H and O–H groups in total. The molecule has 39 heavy (non-hydrogen) atoms. The van der Waals surface area contributed by atoms with Gasteiger partial charge in [0.2, 0.25) is 0 Å². The molecule has 10 heteroatoms. The van der Waals surface area contributed by atoms with Gasteiger partial charge in [-0.3, -0.25) is 14.8 Å². The number of benzene rings is 2. The zero-order chi connectivity index (χ0) is 27.4. The minimum absolute atomic E-state index is 0.0981. The number of rotatable bonds is 6. The van der Waals surface area contributed by atoms with Crippen LogP contribution in [0.25, 0.3) is 22.1 Å². The van der Waals surface area contributed by atoms with Crippen LogP contribution in [0.1, 0.15) is 32.4 Å². The van der Waals surface area contributed by atoms with E-state index in [1.54, 1.807) is 13.0 Å². The van der Waals surface area contributed by atoms with Crippen molar-refractivity contribution in [3.63, 3.8) is 0 Å². The number of aromatic amines is 2. The third-order valence-corrected chi connectivity index (χ3v) is 5.99. The third-order valence-electron chi connectivity index (χ3n) is 5.99. The molecule has 10 nitrogen and oxygen atoms in total. The van der Waals surface area contributed by atoms with Crippen LogP contribution in [0.4, 0.5) is 0 Å². The van der Waals surface area contributed by atoms with Crippen LogP contribution in [0.15, 0.2) is 81.8 Å². The zero-order valence-corrected chi connectivity index (χ0v) is 22.0. The molecule has 0 radical (unpaired) electrons. The lowest BCUT2D eigenvalue weighted by atomic mass is 10.1. The number of nitrogens with one attached hydrogen (secondary N) is 3. The summed E-state index contributed by atoms with van der Waals surface area (Å²) in [5.74, 6) is 0.808. The van der Waals surface area contributed by atoms with E-state index in [1.165, 1.54) is 0 Å². The van der Waals surface area contributed by atoms with Crippen molar-refractivity contribution in [1.29, 1.82) is 0 Å². The number of aromatic nitrogens is 4. The van der Waals surface area contributed by atoms with Crippen LogP contribution in [-0.4, -0.2) is 69.0 Å². The summed E-state index contributed by atoms with van der Waals surface area (Å²) in [4.78, 5) is 48.0. The Balaban J connectivity index is 0.000000158. The van der Waals surface area contributed by atoms with Gasteiger partial charge in [0, 0.05) is 6.04 Å². The van der Waals surface area contributed by atoms with E-state index in [4.69, 9.17) is 4.74 Å². The van der Waals surface area contributed by atoms with Crippen molar-refractivity contribution in [3.05, 3.63) is 83.5 Å². The van der Waals surface area contributed by atoms with Crippen LogP contribution >= 0.6 is 0 Å². The normalized spacial score (nSPS) is 14.5. The number of para-hydroxylation sites is 4. The average Bonchev–Trinajstić information content (AvgIpc) is 3.72. The highest BCUT2D eigenvalue weighted by Crippen LogP contribution is 2.19. The summed E-state index contributed by atoms with van der Waals surface area (Å²) in [6.07, 6.45) is 3.60. The number of carbonyl (C=O) groups is 2. The second-order valence-corrected chi connectivity index (χ2v) is 9.17. The Morgan fingerprint density at radius 3 is 1.87 bits per heavy atom. The molecule has 0 spiro atoms. The average molecular weight is 524 g/mol. The number of imidazole rings is 2. The predicted octanol–water partition coefficient (Wildman–Crippen LogP) is 3.67. The molecule has 2 aliphatic rings. The Kier molecular flexibility index (Phi) is 7.44. The molecule has 198 valence electrons. The largest absolute Gasteiger partial charge is 0.462 e. The van der Waals surface area contributed by atoms with E-state index in [0.717, 1.165) is 22.1 Å². The van der Waals surface area contributed by atoms with Crippen molar-refractivity contribution in [1.82, 2.24) is 25.3 Å². The van der Waals surface area contributed by atoms with Crippen LogP contribution in [0, 0.1) is 0 Å². The Labute approximate surface area is 225 Å². The molecule has 2 aromatic heterocycles. The van der Waals surface area contributed by atoms with Gasteiger partial charge in [-0.2, -0.15) is 0 Å². The lowest BCUT2D eigenvalue weighted by Gasteiger charge is -2.09. The number of hydrogen-bond donors (Lipinski definition) is 3. The maximum atomic E-state index is 12.2. The van der Waals surface area contributed by atoms with Gasteiger partial charge in [-0.25, -0.2) is 14.8 Å². The Morgan fingerprint density at radius 1 is 0.846 bits per heavy atom. The van der Waals surface area contributed by atoms with Gasteiger partial charge in [0.1, 0.15) is 11.4 Å². The smallest absolute Gasteiger partial charge is 0.340 e. The number of fused-ring (bicyclic) bond motifs is 2. The minimum atomic E-state index is -0.348. The summed E-state index contributed by atoms with van der Waals surface area (Å²) >= 11 is 0. The van der Waals surface area contributed by atoms with E-state index < -0.39 is 0 Å². The number of aliphatic imine (C=N–C) groups is 2. The standard InChI is InChI=1S/C15H16N4O.C14H13N3O2/c1-9(2)17-15(20)10-7-8-16-13(10)14-18-11-5-3-4-6-12(11)19-14;1-2-19-14(18)9-7-8-15-12(9)13-16-10-5-3-4-6-11(10)17-13/h3-7,9H,8H2,1-2H3,(H,17,20)(H,18,19);3-7H,2,8H2,1H3,(H,16,17). The van der Waals surface area contributed by atoms with E-state index in [2.05, 4.69) is 35.2 Å². The summed E-state index contributed by atoms with van der Waals surface area (Å²) in [5.41, 5.74) is 5.90. The molecule has 0 aliphatic carbocycles. The van der Waals surface area contributed by atoms with Gasteiger partial charge < -0.3 is 20.0 Å². The fourth-order valence-corrected chi connectivity index (χ4v) is 4.28. The fraction of sp³-hybridized carbons (Fsp3) is 0.241. The molecule has 4 heterocycles. The molecule has 0 unspecified atom stereocenters. The molecule has 0 saturated heterocycles. The van der Waals surface area contributed by atoms with Crippen LogP contribution in [0.5, 0.6) is 0 Å². The molecule has 0 saturated carbocycles. The lowest BCUT2D eigenvalue weighted by molar-refractivity contribution is -0.137. The SMILES string of the molecule is CC(C)NC(=O)C1=CCN=C1c1nc2ccccc2[nH]1.CCOC(=O)C1=CCN=C1c1nc2ccccc2[nH]1. The Bertz CT molecular complexity index is 1600. The summed E-state index contributed by atoms with van der Waals surface area (Å²) < 4.78 is 5.02. The monoisotopic (exact) mass is 523 g/mol. The zero-order valence-electron chi connectivity index (χ0n) is 22.0. The lowest BCUT2D eigenvalue weighted by Crippen LogP contribution is -2.33. The van der Waals surface area contributed by atoms with E-state index in [0.29, 0.717) is 53.9 Å². The minimum Gasteiger partial charge on any atom is -0.462 e. The van der Waals surface area contributed by atoms with Crippen LogP contribution in [0.2, 0.25) is 0 Å². The van der Waals surface area contributed by atoms with Crippen LogP contribution in [-0.2, 0) is 14.3 Å². The molecule has 0 fully saturated rings. The molecule has 2 aromatic carbocycles. The summed E-state index contributed by atoms with van der Waals surface area (Å²) in [6, 6.07) is 15.6. The first kappa shape index (κ1) is 25.8. The first-order valence-corrected chi connectivity index (χ1v) is 12.8. The molecule has 1 amide bonds. The number of amides is 1. The van der Waals surface area contributed by atoms with Gasteiger partial charge in [-0.1, -0.05) is 24.3 Å². The van der Waals surface area contributed by atoms with Crippen LogP contribution < -0.4 is 5.32 Å². The van der Waals surface area contributed by atoms with E-state index in [-0.39, 0.29) is 17.9 Å². The number of esters is 1. The van der Waals surface area contributed by atoms with Gasteiger partial charge >= 0.3 is 5.97 Å². The third kappa shape index (κ3) is 5.54. The number of H-pyrrole nitrogens is 2. The molecule has 0 bridgehead atoms. The highest BCUT2D eigenvalue weighted by Gasteiger charge is 2.25. The van der Waals surface area contributed by atoms with E-state index in [9.17, 15) is 9.59 Å². The van der Waals surface area contributed by atoms with Crippen molar-refractivity contribution < 1.29 is 14.3 Å². The summed E-state index contributed by atoms with van der Waals surface area (Å²) in [7, 11) is 0. The van der Waals surface area contributed by atoms with Gasteiger partial charge in [0.25, 0.3) is 5.91 Å². The first-order valence-electron chi connectivity index (χ1n) is 12.8. The maximum absolute atomic E-state index is 12.2. The molecule has 4 aromatic rings. The maximum Gasteiger partial charge on any atom is 0.340 e. The molecular formula is C29H29N7O3. The fourth-order valence-electron chi connectivity index (χ4n) is 4.28. The predicted molar refractivity (Wildman–Crippen MR) is 151 cm³/mol. The van der Waals surface area contributed by atoms with Crippen molar-refractivity contribution in [2.24, 2.45) is 9.98 Å². The van der Waals surface area contributed by atoms with Crippen molar-refractivity contribution >= 4 is 45.4 Å². The van der Waals surface area contributed by atoms with Crippen molar-refractivity contribution in [2.75, 3.05) is 19.7 Å². The molecular weight excluding hydrogens is 494 g/mol. The number of carbonyl (C=O) groups excluding carboxylic acids is 2. The van der Waals surface area contributed by atoms with Gasteiger partial charge in [0.15, 0.2) is 11.6 Å². The van der Waals surface area contributed by atoms with Gasteiger partial charge in [-0.05, 0) is 57.2 Å². The number of hydrogen-bond acceptors (Lipinski definition) is 7. The van der Waals surface area contributed by atoms with Gasteiger partial charge in [0.05, 0.1) is 52.9 Å². The van der Waals surface area contributed by atoms with Crippen molar-refractivity contribution in [2.45, 2.75) is 26.8 Å².